The Labute approximate surface area is 215 Å². The molecule has 2 heterocycles. The van der Waals surface area contributed by atoms with E-state index in [1.54, 1.807) is 40.7 Å². The number of para-hydroxylation sites is 1. The lowest BCUT2D eigenvalue weighted by molar-refractivity contribution is -0.0503. The third kappa shape index (κ3) is 5.26. The molecule has 2 aliphatic rings. The van der Waals surface area contributed by atoms with E-state index in [1.165, 1.54) is 11.8 Å². The van der Waals surface area contributed by atoms with Gasteiger partial charge >= 0.3 is 6.61 Å². The summed E-state index contributed by atoms with van der Waals surface area (Å²) in [6.45, 7) is 0.283. The highest BCUT2D eigenvalue weighted by molar-refractivity contribution is 7.98. The molecule has 1 atom stereocenters. The van der Waals surface area contributed by atoms with E-state index in [0.29, 0.717) is 35.8 Å². The summed E-state index contributed by atoms with van der Waals surface area (Å²) in [7, 11) is -3.59. The van der Waals surface area contributed by atoms with Gasteiger partial charge in [-0.3, -0.25) is 0 Å². The van der Waals surface area contributed by atoms with Gasteiger partial charge in [-0.2, -0.15) is 13.1 Å². The molecule has 1 aliphatic heterocycles. The van der Waals surface area contributed by atoms with Crippen molar-refractivity contribution >= 4 is 32.8 Å². The fraction of sp³-hybridized carbons (Fsp3) is 0.500. The van der Waals surface area contributed by atoms with Gasteiger partial charge in [-0.05, 0) is 55.9 Å². The number of fused-ring (bicyclic) bond motifs is 1. The maximum atomic E-state index is 13.4. The minimum Gasteiger partial charge on any atom is -0.435 e. The first-order valence-corrected chi connectivity index (χ1v) is 14.9. The molecule has 1 saturated heterocycles. The van der Waals surface area contributed by atoms with Gasteiger partial charge in [-0.25, -0.2) is 13.4 Å². The van der Waals surface area contributed by atoms with Crippen LogP contribution in [0, 0.1) is 5.92 Å². The number of imidazole rings is 1. The summed E-state index contributed by atoms with van der Waals surface area (Å²) in [6, 6.07) is 12.3. The summed E-state index contributed by atoms with van der Waals surface area (Å²) in [5, 5.41) is 0.768. The summed E-state index contributed by atoms with van der Waals surface area (Å²) < 4.78 is 61.0. The number of sulfonamides is 1. The van der Waals surface area contributed by atoms with Crippen molar-refractivity contribution in [2.24, 2.45) is 5.92 Å². The minimum absolute atomic E-state index is 0.160. The van der Waals surface area contributed by atoms with Crippen molar-refractivity contribution in [1.29, 1.82) is 0 Å². The number of ether oxygens (including phenoxy) is 1. The number of thioether (sulfide) groups is 1. The lowest BCUT2D eigenvalue weighted by Crippen LogP contribution is -2.39. The van der Waals surface area contributed by atoms with Crippen molar-refractivity contribution in [3.63, 3.8) is 0 Å². The van der Waals surface area contributed by atoms with Gasteiger partial charge in [-0.1, -0.05) is 49.7 Å². The first-order valence-electron chi connectivity index (χ1n) is 12.5. The molecule has 2 aromatic carbocycles. The van der Waals surface area contributed by atoms with Gasteiger partial charge in [0.2, 0.25) is 10.0 Å². The van der Waals surface area contributed by atoms with Gasteiger partial charge in [0.25, 0.3) is 0 Å². The number of aromatic nitrogens is 2. The highest BCUT2D eigenvalue weighted by Crippen LogP contribution is 2.39. The fourth-order valence-corrected chi connectivity index (χ4v) is 8.02. The standard InChI is InChI=1S/C26H31F2N3O3S2/c1-18-7-6-14-30(16-18)36(32,33)21-12-13-23-22(15-21)29-26(31(23)20-9-3-4-10-20)35-17-19-8-2-5-11-24(19)34-25(27)28/h2,5,8,11-13,15,18,20,25H,3-4,6-7,9-10,14,16-17H2,1H3/t18-/m1/s1. The SMILES string of the molecule is C[C@@H]1CCCN(S(=O)(=O)c2ccc3c(c2)nc(SCc2ccccc2OC(F)F)n3C2CCCC2)C1. The number of rotatable bonds is 8. The van der Waals surface area contributed by atoms with Crippen LogP contribution in [-0.2, 0) is 15.8 Å². The molecule has 0 spiro atoms. The molecule has 0 radical (unpaired) electrons. The molecule has 0 unspecified atom stereocenters. The van der Waals surface area contributed by atoms with Crippen LogP contribution in [0.15, 0.2) is 52.5 Å². The predicted molar refractivity (Wildman–Crippen MR) is 137 cm³/mol. The van der Waals surface area contributed by atoms with Crippen LogP contribution in [0.4, 0.5) is 8.78 Å². The van der Waals surface area contributed by atoms with Gasteiger partial charge in [0.15, 0.2) is 5.16 Å². The van der Waals surface area contributed by atoms with Gasteiger partial charge in [0.1, 0.15) is 5.75 Å². The second-order valence-electron chi connectivity index (χ2n) is 9.74. The van der Waals surface area contributed by atoms with Crippen LogP contribution in [0.3, 0.4) is 0 Å². The number of benzene rings is 2. The quantitative estimate of drug-likeness (QED) is 0.310. The molecule has 0 bridgehead atoms. The molecule has 0 amide bonds. The Kier molecular flexibility index (Phi) is 7.55. The van der Waals surface area contributed by atoms with Gasteiger partial charge in [0.05, 0.1) is 15.9 Å². The average molecular weight is 536 g/mol. The molecule has 0 N–H and O–H groups in total. The molecule has 1 aromatic heterocycles. The molecule has 194 valence electrons. The number of halogens is 2. The van der Waals surface area contributed by atoms with Crippen LogP contribution < -0.4 is 4.74 Å². The Bertz CT molecular complexity index is 1320. The summed E-state index contributed by atoms with van der Waals surface area (Å²) >= 11 is 1.46. The molecule has 10 heteroatoms. The van der Waals surface area contributed by atoms with Gasteiger partial charge < -0.3 is 9.30 Å². The zero-order valence-corrected chi connectivity index (χ0v) is 21.9. The number of hydrogen-bond acceptors (Lipinski definition) is 5. The highest BCUT2D eigenvalue weighted by Gasteiger charge is 2.30. The van der Waals surface area contributed by atoms with Crippen molar-refractivity contribution in [1.82, 2.24) is 13.9 Å². The van der Waals surface area contributed by atoms with Gasteiger partial charge in [0, 0.05) is 30.4 Å². The summed E-state index contributed by atoms with van der Waals surface area (Å²) in [5.74, 6) is 0.918. The normalized spacial score (nSPS) is 19.9. The maximum Gasteiger partial charge on any atom is 0.387 e. The fourth-order valence-electron chi connectivity index (χ4n) is 5.32. The van der Waals surface area contributed by atoms with Crippen LogP contribution in [-0.4, -0.2) is 42.0 Å². The van der Waals surface area contributed by atoms with Crippen molar-refractivity contribution in [3.8, 4) is 5.75 Å². The first kappa shape index (κ1) is 25.5. The summed E-state index contributed by atoms with van der Waals surface area (Å²) in [5.41, 5.74) is 2.22. The topological polar surface area (TPSA) is 64.4 Å². The van der Waals surface area contributed by atoms with Crippen LogP contribution in [0.2, 0.25) is 0 Å². The number of nitrogens with zero attached hydrogens (tertiary/aromatic N) is 3. The Morgan fingerprint density at radius 1 is 1.11 bits per heavy atom. The van der Waals surface area contributed by atoms with Crippen molar-refractivity contribution in [2.45, 2.75) is 73.9 Å². The Balaban J connectivity index is 1.48. The Morgan fingerprint density at radius 3 is 2.64 bits per heavy atom. The van der Waals surface area contributed by atoms with Crippen LogP contribution in [0.25, 0.3) is 11.0 Å². The van der Waals surface area contributed by atoms with Crippen molar-refractivity contribution in [2.75, 3.05) is 13.1 Å². The monoisotopic (exact) mass is 535 g/mol. The zero-order chi connectivity index (χ0) is 25.3. The van der Waals surface area contributed by atoms with E-state index in [0.717, 1.165) is 49.2 Å². The number of alkyl halides is 2. The lowest BCUT2D eigenvalue weighted by atomic mass is 10.0. The van der Waals surface area contributed by atoms with E-state index < -0.39 is 16.6 Å². The molecule has 3 aromatic rings. The molecule has 1 saturated carbocycles. The minimum atomic E-state index is -3.59. The number of piperidine rings is 1. The molecule has 36 heavy (non-hydrogen) atoms. The molecule has 2 fully saturated rings. The average Bonchev–Trinajstić information content (AvgIpc) is 3.50. The molecule has 5 rings (SSSR count). The maximum absolute atomic E-state index is 13.4. The third-order valence-electron chi connectivity index (χ3n) is 7.12. The molecule has 6 nitrogen and oxygen atoms in total. The van der Waals surface area contributed by atoms with Crippen LogP contribution in [0.5, 0.6) is 5.75 Å². The molecular weight excluding hydrogens is 504 g/mol. The second kappa shape index (κ2) is 10.7. The largest absolute Gasteiger partial charge is 0.435 e. The summed E-state index contributed by atoms with van der Waals surface area (Å²) in [6.07, 6.45) is 6.27. The first-order chi connectivity index (χ1) is 17.3. The molecular formula is C26H31F2N3O3S2. The second-order valence-corrected chi connectivity index (χ2v) is 12.6. The van der Waals surface area contributed by atoms with Crippen LogP contribution >= 0.6 is 11.8 Å². The lowest BCUT2D eigenvalue weighted by Gasteiger charge is -2.30. The van der Waals surface area contributed by atoms with E-state index in [-0.39, 0.29) is 16.7 Å². The molecule has 1 aliphatic carbocycles. The van der Waals surface area contributed by atoms with Crippen molar-refractivity contribution in [3.05, 3.63) is 48.0 Å². The van der Waals surface area contributed by atoms with E-state index in [9.17, 15) is 17.2 Å². The van der Waals surface area contributed by atoms with Gasteiger partial charge in [-0.15, -0.1) is 0 Å². The zero-order valence-electron chi connectivity index (χ0n) is 20.3. The van der Waals surface area contributed by atoms with Crippen molar-refractivity contribution < 1.29 is 21.9 Å². The number of hydrogen-bond donors (Lipinski definition) is 0. The van der Waals surface area contributed by atoms with E-state index in [4.69, 9.17) is 9.72 Å². The smallest absolute Gasteiger partial charge is 0.387 e. The Morgan fingerprint density at radius 2 is 1.89 bits per heavy atom. The highest BCUT2D eigenvalue weighted by atomic mass is 32.2. The van der Waals surface area contributed by atoms with E-state index >= 15 is 0 Å². The van der Waals surface area contributed by atoms with Crippen LogP contribution in [0.1, 0.15) is 57.1 Å². The summed E-state index contributed by atoms with van der Waals surface area (Å²) in [4.78, 5) is 5.12. The third-order valence-corrected chi connectivity index (χ3v) is 9.98. The predicted octanol–water partition coefficient (Wildman–Crippen LogP) is 6.47. The van der Waals surface area contributed by atoms with E-state index in [1.807, 2.05) is 6.07 Å². The Hall–Kier alpha value is -2.17. The van der Waals surface area contributed by atoms with E-state index in [2.05, 4.69) is 11.5 Å².